The van der Waals surface area contributed by atoms with Gasteiger partial charge in [0.2, 0.25) is 5.91 Å². The van der Waals surface area contributed by atoms with E-state index in [1.807, 2.05) is 6.08 Å². The molecular weight excluding hydrogens is 627 g/mol. The van der Waals surface area contributed by atoms with Gasteiger partial charge in [0.05, 0.1) is 18.8 Å². The Morgan fingerprint density at radius 2 is 0.824 bits per heavy atom. The van der Waals surface area contributed by atoms with E-state index in [9.17, 15) is 15.0 Å². The second-order valence-corrected chi connectivity index (χ2v) is 15.1. The molecule has 0 aliphatic carbocycles. The second kappa shape index (κ2) is 42.8. The van der Waals surface area contributed by atoms with Crippen molar-refractivity contribution in [3.05, 3.63) is 48.6 Å². The monoisotopic (exact) mass is 714 g/mol. The molecule has 0 saturated carbocycles. The van der Waals surface area contributed by atoms with E-state index in [-0.39, 0.29) is 12.5 Å². The summed E-state index contributed by atoms with van der Waals surface area (Å²) in [5, 5.41) is 23.0. The van der Waals surface area contributed by atoms with E-state index in [1.165, 1.54) is 167 Å². The van der Waals surface area contributed by atoms with Crippen LogP contribution in [-0.2, 0) is 4.79 Å². The van der Waals surface area contributed by atoms with Crippen LogP contribution in [0, 0.1) is 0 Å². The van der Waals surface area contributed by atoms with Gasteiger partial charge in [0.25, 0.3) is 0 Å². The van der Waals surface area contributed by atoms with Crippen molar-refractivity contribution in [3.63, 3.8) is 0 Å². The fourth-order valence-electron chi connectivity index (χ4n) is 6.58. The molecule has 0 aliphatic rings. The summed E-state index contributed by atoms with van der Waals surface area (Å²) in [4.78, 5) is 12.4. The standard InChI is InChI=1S/C47H87NO3/c1-3-5-7-9-11-13-15-17-19-20-21-22-23-24-25-26-27-28-29-31-33-35-37-39-41-43-47(51)48-45(44-49)46(50)42-40-38-36-34-32-30-18-16-14-12-10-8-6-4-2/h15,17,20-21,32,34,40,42,45-46,49-50H,3-14,16,18-19,22-31,33,35-39,41,43-44H2,1-2H3,(H,48,51)/b17-15-,21-20-,34-32+,42-40+. The van der Waals surface area contributed by atoms with Crippen LogP contribution in [0.4, 0.5) is 0 Å². The van der Waals surface area contributed by atoms with Crippen LogP contribution < -0.4 is 5.32 Å². The van der Waals surface area contributed by atoms with Crippen molar-refractivity contribution in [2.24, 2.45) is 0 Å². The SMILES string of the molecule is CCCCCCC/C=C\C/C=C\CCCCCCCCCCCCCCCC(=O)NC(CO)C(O)/C=C/CC/C=C/CCCCCCCCCC. The third-order valence-electron chi connectivity index (χ3n) is 10.0. The number of carbonyl (C=O) groups is 1. The maximum atomic E-state index is 12.4. The largest absolute Gasteiger partial charge is 0.394 e. The molecule has 0 aromatic heterocycles. The molecule has 4 nitrogen and oxygen atoms in total. The van der Waals surface area contributed by atoms with Crippen LogP contribution in [0.25, 0.3) is 0 Å². The minimum atomic E-state index is -0.861. The topological polar surface area (TPSA) is 69.6 Å². The second-order valence-electron chi connectivity index (χ2n) is 15.1. The molecule has 0 fully saturated rings. The summed E-state index contributed by atoms with van der Waals surface area (Å²) in [5.74, 6) is -0.0756. The van der Waals surface area contributed by atoms with Crippen LogP contribution in [-0.4, -0.2) is 34.9 Å². The van der Waals surface area contributed by atoms with E-state index >= 15 is 0 Å². The van der Waals surface area contributed by atoms with Gasteiger partial charge < -0.3 is 15.5 Å². The Hall–Kier alpha value is -1.65. The van der Waals surface area contributed by atoms with Gasteiger partial charge in [-0.25, -0.2) is 0 Å². The molecule has 0 bridgehead atoms. The molecule has 0 aromatic carbocycles. The molecule has 0 spiro atoms. The van der Waals surface area contributed by atoms with Gasteiger partial charge in [-0.1, -0.05) is 204 Å². The van der Waals surface area contributed by atoms with E-state index in [0.717, 1.165) is 38.5 Å². The Morgan fingerprint density at radius 1 is 0.471 bits per heavy atom. The van der Waals surface area contributed by atoms with Gasteiger partial charge in [0, 0.05) is 6.42 Å². The molecule has 2 atom stereocenters. The van der Waals surface area contributed by atoms with Gasteiger partial charge in [0.1, 0.15) is 0 Å². The number of nitrogens with one attached hydrogen (secondary N) is 1. The van der Waals surface area contributed by atoms with Gasteiger partial charge >= 0.3 is 0 Å². The molecule has 0 aliphatic heterocycles. The number of allylic oxidation sites excluding steroid dienone is 7. The van der Waals surface area contributed by atoms with Crippen LogP contribution in [0.2, 0.25) is 0 Å². The van der Waals surface area contributed by atoms with Crippen LogP contribution >= 0.6 is 0 Å². The normalized spacial score (nSPS) is 13.4. The predicted octanol–water partition coefficient (Wildman–Crippen LogP) is 14.0. The van der Waals surface area contributed by atoms with E-state index in [1.54, 1.807) is 6.08 Å². The van der Waals surface area contributed by atoms with Crippen molar-refractivity contribution in [1.82, 2.24) is 5.32 Å². The number of carbonyl (C=O) groups excluding carboxylic acids is 1. The number of unbranched alkanes of at least 4 members (excludes halogenated alkanes) is 27. The molecule has 0 rings (SSSR count). The van der Waals surface area contributed by atoms with Gasteiger partial charge in [-0.05, 0) is 64.2 Å². The molecule has 0 aromatic rings. The molecule has 3 N–H and O–H groups in total. The van der Waals surface area contributed by atoms with Crippen molar-refractivity contribution in [2.75, 3.05) is 6.61 Å². The summed E-state index contributed by atoms with van der Waals surface area (Å²) in [5.41, 5.74) is 0. The summed E-state index contributed by atoms with van der Waals surface area (Å²) < 4.78 is 0. The van der Waals surface area contributed by atoms with E-state index < -0.39 is 12.1 Å². The maximum Gasteiger partial charge on any atom is 0.220 e. The zero-order chi connectivity index (χ0) is 37.1. The first kappa shape index (κ1) is 49.4. The number of hydrogen-bond acceptors (Lipinski definition) is 3. The first-order valence-corrected chi connectivity index (χ1v) is 22.4. The molecule has 0 radical (unpaired) electrons. The molecule has 0 saturated heterocycles. The highest BCUT2D eigenvalue weighted by molar-refractivity contribution is 5.76. The minimum absolute atomic E-state index is 0.0756. The first-order chi connectivity index (χ1) is 25.2. The molecule has 51 heavy (non-hydrogen) atoms. The zero-order valence-electron chi connectivity index (χ0n) is 34.1. The Labute approximate surface area is 318 Å². The Kier molecular flexibility index (Phi) is 41.4. The summed E-state index contributed by atoms with van der Waals surface area (Å²) in [6, 6.07) is -0.638. The highest BCUT2D eigenvalue weighted by Crippen LogP contribution is 2.14. The third kappa shape index (κ3) is 39.4. The Balaban J connectivity index is 3.56. The minimum Gasteiger partial charge on any atom is -0.394 e. The van der Waals surface area contributed by atoms with E-state index in [4.69, 9.17) is 0 Å². The van der Waals surface area contributed by atoms with Crippen molar-refractivity contribution in [1.29, 1.82) is 0 Å². The summed E-state index contributed by atoms with van der Waals surface area (Å²) in [6.07, 6.45) is 57.9. The number of aliphatic hydroxyl groups excluding tert-OH is 2. The molecule has 2 unspecified atom stereocenters. The smallest absolute Gasteiger partial charge is 0.220 e. The quantitative estimate of drug-likeness (QED) is 0.0437. The average molecular weight is 714 g/mol. The first-order valence-electron chi connectivity index (χ1n) is 22.4. The molecule has 298 valence electrons. The lowest BCUT2D eigenvalue weighted by molar-refractivity contribution is -0.123. The lowest BCUT2D eigenvalue weighted by Crippen LogP contribution is -2.45. The van der Waals surface area contributed by atoms with E-state index in [0.29, 0.717) is 6.42 Å². The van der Waals surface area contributed by atoms with Crippen molar-refractivity contribution >= 4 is 5.91 Å². The van der Waals surface area contributed by atoms with Crippen molar-refractivity contribution < 1.29 is 15.0 Å². The maximum absolute atomic E-state index is 12.4. The highest BCUT2D eigenvalue weighted by atomic mass is 16.3. The number of aliphatic hydroxyl groups is 2. The Bertz CT molecular complexity index is 816. The van der Waals surface area contributed by atoms with Crippen LogP contribution in [0.3, 0.4) is 0 Å². The molecule has 0 heterocycles. The van der Waals surface area contributed by atoms with Crippen molar-refractivity contribution in [2.45, 2.75) is 238 Å². The molecular formula is C47H87NO3. The summed E-state index contributed by atoms with van der Waals surface area (Å²) >= 11 is 0. The molecule has 1 amide bonds. The highest BCUT2D eigenvalue weighted by Gasteiger charge is 2.17. The average Bonchev–Trinajstić information content (AvgIpc) is 3.13. The van der Waals surface area contributed by atoms with Crippen molar-refractivity contribution in [3.8, 4) is 0 Å². The number of amides is 1. The van der Waals surface area contributed by atoms with E-state index in [2.05, 4.69) is 55.6 Å². The summed E-state index contributed by atoms with van der Waals surface area (Å²) in [6.45, 7) is 4.28. The fourth-order valence-corrected chi connectivity index (χ4v) is 6.58. The van der Waals surface area contributed by atoms with Gasteiger partial charge in [0.15, 0.2) is 0 Å². The van der Waals surface area contributed by atoms with Crippen LogP contribution in [0.15, 0.2) is 48.6 Å². The predicted molar refractivity (Wildman–Crippen MR) is 225 cm³/mol. The third-order valence-corrected chi connectivity index (χ3v) is 10.0. The van der Waals surface area contributed by atoms with Crippen LogP contribution in [0.1, 0.15) is 226 Å². The lowest BCUT2D eigenvalue weighted by Gasteiger charge is -2.19. The number of hydrogen-bond donors (Lipinski definition) is 3. The Morgan fingerprint density at radius 3 is 1.25 bits per heavy atom. The molecule has 4 heteroatoms. The van der Waals surface area contributed by atoms with Gasteiger partial charge in [-0.3, -0.25) is 4.79 Å². The van der Waals surface area contributed by atoms with Crippen LogP contribution in [0.5, 0.6) is 0 Å². The number of rotatable bonds is 40. The zero-order valence-corrected chi connectivity index (χ0v) is 34.1. The van der Waals surface area contributed by atoms with Gasteiger partial charge in [-0.2, -0.15) is 0 Å². The summed E-state index contributed by atoms with van der Waals surface area (Å²) in [7, 11) is 0. The fraction of sp³-hybridized carbons (Fsp3) is 0.809. The van der Waals surface area contributed by atoms with Gasteiger partial charge in [-0.15, -0.1) is 0 Å². The lowest BCUT2D eigenvalue weighted by atomic mass is 10.0.